The minimum atomic E-state index is -2.60. The van der Waals surface area contributed by atoms with Gasteiger partial charge >= 0.3 is 166 Å². The van der Waals surface area contributed by atoms with Crippen LogP contribution in [0.25, 0.3) is 0 Å². The number of rotatable bonds is 3. The molecule has 2 aromatic rings. The van der Waals surface area contributed by atoms with Gasteiger partial charge in [0.15, 0.2) is 0 Å². The minimum absolute atomic E-state index is 0.0246. The summed E-state index contributed by atoms with van der Waals surface area (Å²) in [4.78, 5) is 25.7. The number of hydrogen-bond acceptors (Lipinski definition) is 3. The van der Waals surface area contributed by atoms with Crippen molar-refractivity contribution in [1.82, 2.24) is 3.11 Å². The second-order valence-corrected chi connectivity index (χ2v) is 10.9. The summed E-state index contributed by atoms with van der Waals surface area (Å²) in [6.07, 6.45) is 5.43. The van der Waals surface area contributed by atoms with Crippen LogP contribution in [0.15, 0.2) is 48.5 Å². The van der Waals surface area contributed by atoms with Gasteiger partial charge in [-0.2, -0.15) is 0 Å². The third-order valence-corrected chi connectivity index (χ3v) is 9.89. The van der Waals surface area contributed by atoms with E-state index in [1.807, 2.05) is 27.4 Å². The number of carbonyl (C=O) groups is 2. The second-order valence-electron chi connectivity index (χ2n) is 6.49. The molecule has 2 aliphatic rings. The molecule has 0 spiro atoms. The number of nitrogens with zero attached hydrogens (tertiary/aromatic N) is 1. The average molecular weight is 484 g/mol. The Hall–Kier alpha value is -1.60. The van der Waals surface area contributed by atoms with Crippen LogP contribution in [0.4, 0.5) is 0 Å². The number of amides is 1. The van der Waals surface area contributed by atoms with Gasteiger partial charge in [-0.25, -0.2) is 0 Å². The van der Waals surface area contributed by atoms with Crippen molar-refractivity contribution in [3.05, 3.63) is 68.3 Å². The van der Waals surface area contributed by atoms with Gasteiger partial charge in [-0.15, -0.1) is 0 Å². The quantitative estimate of drug-likeness (QED) is 0.428. The number of carbonyl (C=O) groups excluding carboxylic acids is 2. The molecule has 1 heterocycles. The van der Waals surface area contributed by atoms with E-state index in [1.54, 1.807) is 24.3 Å². The third kappa shape index (κ3) is 3.34. The van der Waals surface area contributed by atoms with E-state index < -0.39 is 26.5 Å². The van der Waals surface area contributed by atoms with Gasteiger partial charge in [0.05, 0.1) is 0 Å². The molecular weight excluding hydrogens is 465 g/mol. The van der Waals surface area contributed by atoms with Gasteiger partial charge in [0.25, 0.3) is 0 Å². The zero-order chi connectivity index (χ0) is 18.1. The van der Waals surface area contributed by atoms with E-state index in [4.69, 9.17) is 14.7 Å². The van der Waals surface area contributed by atoms with Crippen LogP contribution < -0.4 is 0 Å². The fourth-order valence-corrected chi connectivity index (χ4v) is 8.65. The van der Waals surface area contributed by atoms with E-state index in [2.05, 4.69) is 0 Å². The number of halogens is 2. The van der Waals surface area contributed by atoms with E-state index in [1.165, 1.54) is 6.42 Å². The van der Waals surface area contributed by atoms with Gasteiger partial charge in [-0.05, 0) is 0 Å². The van der Waals surface area contributed by atoms with E-state index >= 15 is 0 Å². The molecule has 0 atom stereocenters. The normalized spacial score (nSPS) is 18.7. The fourth-order valence-electron chi connectivity index (χ4n) is 3.46. The van der Waals surface area contributed by atoms with Gasteiger partial charge < -0.3 is 0 Å². The van der Waals surface area contributed by atoms with Crippen LogP contribution in [0.2, 0.25) is 5.02 Å². The summed E-state index contributed by atoms with van der Waals surface area (Å²) in [7, 11) is 0. The van der Waals surface area contributed by atoms with Crippen LogP contribution in [0.3, 0.4) is 0 Å². The number of benzene rings is 2. The predicted octanol–water partition coefficient (Wildman–Crippen LogP) is 5.49. The molecule has 2 aromatic carbocycles. The van der Waals surface area contributed by atoms with Crippen LogP contribution in [0.5, 0.6) is 0 Å². The number of fused-ring (bicyclic) bond motifs is 1. The average Bonchev–Trinajstić information content (AvgIpc) is 2.95. The molecule has 0 bridgehead atoms. The molecule has 4 rings (SSSR count). The molecule has 0 saturated heterocycles. The molecule has 6 heteroatoms. The van der Waals surface area contributed by atoms with Crippen LogP contribution in [-0.2, 0) is 3.07 Å². The Labute approximate surface area is 165 Å². The van der Waals surface area contributed by atoms with E-state index in [0.717, 1.165) is 29.3 Å². The third-order valence-electron chi connectivity index (χ3n) is 4.74. The summed E-state index contributed by atoms with van der Waals surface area (Å²) in [6, 6.07) is 14.5. The molecule has 1 amide bonds. The van der Waals surface area contributed by atoms with Gasteiger partial charge in [0.2, 0.25) is 0 Å². The molecule has 1 aliphatic heterocycles. The first kappa shape index (κ1) is 17.8. The van der Waals surface area contributed by atoms with E-state index in [9.17, 15) is 9.59 Å². The molecule has 136 valence electrons. The molecule has 26 heavy (non-hydrogen) atoms. The number of hydrogen-bond donors (Lipinski definition) is 0. The maximum atomic E-state index is 13.0. The van der Waals surface area contributed by atoms with Crippen LogP contribution in [-0.4, -0.2) is 21.0 Å². The zero-order valence-corrected chi connectivity index (χ0v) is 17.1. The first-order valence-electron chi connectivity index (χ1n) is 8.76. The molecule has 1 fully saturated rings. The van der Waals surface area contributed by atoms with Crippen molar-refractivity contribution in [3.8, 4) is 0 Å². The topological polar surface area (TPSA) is 46.6 Å². The summed E-state index contributed by atoms with van der Waals surface area (Å²) in [5, 5.41) is 0.496. The van der Waals surface area contributed by atoms with Crippen LogP contribution in [0, 0.1) is 3.57 Å². The van der Waals surface area contributed by atoms with Gasteiger partial charge in [-0.3, -0.25) is 0 Å². The van der Waals surface area contributed by atoms with Crippen molar-refractivity contribution >= 4 is 44.0 Å². The van der Waals surface area contributed by atoms with Crippen LogP contribution >= 0.6 is 32.1 Å². The van der Waals surface area contributed by atoms with Gasteiger partial charge in [0, 0.05) is 0 Å². The molecule has 1 aliphatic carbocycles. The summed E-state index contributed by atoms with van der Waals surface area (Å²) in [5.74, 6) is -0.375. The van der Waals surface area contributed by atoms with Gasteiger partial charge in [-0.1, -0.05) is 0 Å². The van der Waals surface area contributed by atoms with Crippen molar-refractivity contribution in [2.75, 3.05) is 0 Å². The summed E-state index contributed by atoms with van der Waals surface area (Å²) >= 11 is 3.41. The Balaban J connectivity index is 1.66. The summed E-state index contributed by atoms with van der Waals surface area (Å²) in [5.41, 5.74) is 1.12. The molecule has 4 nitrogen and oxygen atoms in total. The molecule has 0 radical (unpaired) electrons. The monoisotopic (exact) mass is 483 g/mol. The standard InChI is InChI=1S/C20H19ClINO3/c21-15-8-6-7-14(13-15)20(25)26-22-18-12-5-4-11-17(18)19(24)23(22)16-9-2-1-3-10-16/h4-8,11-13,16H,1-3,9-10H2. The Morgan fingerprint density at radius 2 is 1.85 bits per heavy atom. The first-order chi connectivity index (χ1) is 12.6. The maximum absolute atomic E-state index is 13.0. The predicted molar refractivity (Wildman–Crippen MR) is 109 cm³/mol. The Kier molecular flexibility index (Phi) is 5.18. The summed E-state index contributed by atoms with van der Waals surface area (Å²) in [6.45, 7) is 0. The van der Waals surface area contributed by atoms with E-state index in [-0.39, 0.29) is 11.9 Å². The molecule has 0 N–H and O–H groups in total. The molecule has 0 unspecified atom stereocenters. The van der Waals surface area contributed by atoms with Crippen molar-refractivity contribution in [2.24, 2.45) is 0 Å². The molecular formula is C20H19ClINO3. The second kappa shape index (κ2) is 7.56. The Bertz CT molecular complexity index is 850. The Morgan fingerprint density at radius 3 is 2.62 bits per heavy atom. The summed E-state index contributed by atoms with van der Waals surface area (Å²) < 4.78 is 8.83. The van der Waals surface area contributed by atoms with E-state index in [0.29, 0.717) is 16.1 Å². The van der Waals surface area contributed by atoms with Crippen LogP contribution in [0.1, 0.15) is 52.8 Å². The SMILES string of the molecule is O=C(OI1c2ccccc2C(=O)N1C1CCCCC1)c1cccc(Cl)c1. The van der Waals surface area contributed by atoms with Crippen molar-refractivity contribution in [2.45, 2.75) is 38.1 Å². The van der Waals surface area contributed by atoms with Crippen molar-refractivity contribution < 1.29 is 12.7 Å². The fraction of sp³-hybridized carbons (Fsp3) is 0.300. The molecule has 1 saturated carbocycles. The first-order valence-corrected chi connectivity index (χ1v) is 12.1. The zero-order valence-electron chi connectivity index (χ0n) is 14.2. The van der Waals surface area contributed by atoms with Gasteiger partial charge in [0.1, 0.15) is 0 Å². The van der Waals surface area contributed by atoms with Crippen molar-refractivity contribution in [1.29, 1.82) is 0 Å². The molecule has 0 aromatic heterocycles. The van der Waals surface area contributed by atoms with Crippen molar-refractivity contribution in [3.63, 3.8) is 0 Å². The Morgan fingerprint density at radius 1 is 1.08 bits per heavy atom.